The summed E-state index contributed by atoms with van der Waals surface area (Å²) in [6.07, 6.45) is 9.12. The van der Waals surface area contributed by atoms with Crippen molar-refractivity contribution in [1.82, 2.24) is 4.90 Å². The zero-order valence-corrected chi connectivity index (χ0v) is 20.1. The number of benzene rings is 1. The normalized spacial score (nSPS) is 33.8. The number of nitrogens with zero attached hydrogens (tertiary/aromatic N) is 1. The number of ether oxygens (including phenoxy) is 1. The van der Waals surface area contributed by atoms with Crippen molar-refractivity contribution in [3.8, 4) is 5.75 Å². The van der Waals surface area contributed by atoms with Gasteiger partial charge in [-0.05, 0) is 97.9 Å². The molecule has 3 aliphatic carbocycles. The topological polar surface area (TPSA) is 46.6 Å². The summed E-state index contributed by atoms with van der Waals surface area (Å²) >= 11 is 0. The quantitative estimate of drug-likeness (QED) is 0.459. The summed E-state index contributed by atoms with van der Waals surface area (Å²) in [6.45, 7) is 9.79. The maximum atomic E-state index is 12.5. The minimum atomic E-state index is -0.125. The molecule has 4 heteroatoms. The van der Waals surface area contributed by atoms with Crippen LogP contribution in [0.2, 0.25) is 0 Å². The van der Waals surface area contributed by atoms with E-state index in [0.29, 0.717) is 41.1 Å². The lowest BCUT2D eigenvalue weighted by Gasteiger charge is -2.48. The van der Waals surface area contributed by atoms with E-state index in [4.69, 9.17) is 4.74 Å². The van der Waals surface area contributed by atoms with E-state index in [1.54, 1.807) is 0 Å². The van der Waals surface area contributed by atoms with E-state index in [0.717, 1.165) is 58.2 Å². The van der Waals surface area contributed by atoms with Crippen LogP contribution in [0, 0.1) is 22.7 Å². The molecule has 32 heavy (non-hydrogen) atoms. The molecule has 4 atom stereocenters. The Morgan fingerprint density at radius 1 is 1.12 bits per heavy atom. The molecule has 1 aliphatic heterocycles. The molecule has 4 aliphatic rings. The largest absolute Gasteiger partial charge is 0.426 e. The number of aryl methyl sites for hydroxylation is 1. The second-order valence-corrected chi connectivity index (χ2v) is 12.0. The van der Waals surface area contributed by atoms with Gasteiger partial charge >= 0.3 is 5.97 Å². The molecule has 0 aromatic heterocycles. The number of piperidine rings is 1. The van der Waals surface area contributed by atoms with Crippen molar-refractivity contribution in [3.05, 3.63) is 29.3 Å². The van der Waals surface area contributed by atoms with Crippen molar-refractivity contribution in [1.29, 1.82) is 0 Å². The molecule has 1 aromatic rings. The third-order valence-electron chi connectivity index (χ3n) is 9.25. The number of carbonyl (C=O) groups excluding carboxylic acids is 2. The van der Waals surface area contributed by atoms with E-state index in [-0.39, 0.29) is 11.4 Å². The first-order valence-corrected chi connectivity index (χ1v) is 12.8. The highest BCUT2D eigenvalue weighted by Gasteiger charge is 2.54. The summed E-state index contributed by atoms with van der Waals surface area (Å²) in [6, 6.07) is 6.32. The van der Waals surface area contributed by atoms with Crippen molar-refractivity contribution < 1.29 is 14.3 Å². The van der Waals surface area contributed by atoms with Crippen LogP contribution in [0.5, 0.6) is 5.75 Å². The number of rotatable bonds is 4. The number of fused-ring (bicyclic) bond motifs is 5. The molecule has 1 heterocycles. The van der Waals surface area contributed by atoms with Gasteiger partial charge in [0.15, 0.2) is 0 Å². The Bertz CT molecular complexity index is 906. The first kappa shape index (κ1) is 22.1. The molecule has 1 aromatic carbocycles. The number of esters is 1. The molecule has 0 N–H and O–H groups in total. The summed E-state index contributed by atoms with van der Waals surface area (Å²) < 4.78 is 5.75. The zero-order chi connectivity index (χ0) is 22.5. The highest BCUT2D eigenvalue weighted by Crippen LogP contribution is 2.59. The van der Waals surface area contributed by atoms with Crippen molar-refractivity contribution in [3.63, 3.8) is 0 Å². The van der Waals surface area contributed by atoms with E-state index in [9.17, 15) is 9.59 Å². The van der Waals surface area contributed by atoms with Crippen molar-refractivity contribution in [2.24, 2.45) is 22.7 Å². The Kier molecular flexibility index (Phi) is 5.72. The highest BCUT2D eigenvalue weighted by molar-refractivity contribution is 5.87. The first-order valence-electron chi connectivity index (χ1n) is 12.8. The van der Waals surface area contributed by atoms with Crippen LogP contribution < -0.4 is 4.74 Å². The number of likely N-dealkylation sites (tertiary alicyclic amines) is 1. The predicted octanol–water partition coefficient (Wildman–Crippen LogP) is 5.53. The SMILES string of the molecule is CC1(C)CCCN(CCC(=O)Oc2ccc3c(c2)CCC2C3CC[C@]3(C)C(=O)CCC23)C1. The number of Topliss-reactive ketones (excluding diaryl/α,β-unsaturated/α-hetero) is 1. The second-order valence-electron chi connectivity index (χ2n) is 12.0. The van der Waals surface area contributed by atoms with Crippen LogP contribution in [0.15, 0.2) is 18.2 Å². The minimum absolute atomic E-state index is 0.0717. The third kappa shape index (κ3) is 4.04. The average molecular weight is 438 g/mol. The van der Waals surface area contributed by atoms with E-state index in [2.05, 4.69) is 37.8 Å². The fraction of sp³-hybridized carbons (Fsp3) is 0.714. The van der Waals surface area contributed by atoms with Crippen molar-refractivity contribution in [2.45, 2.75) is 84.5 Å². The Balaban J connectivity index is 1.21. The molecule has 5 rings (SSSR count). The molecule has 0 bridgehead atoms. The Labute approximate surface area is 193 Å². The van der Waals surface area contributed by atoms with Gasteiger partial charge in [-0.1, -0.05) is 26.8 Å². The summed E-state index contributed by atoms with van der Waals surface area (Å²) in [5.74, 6) is 2.83. The molecule has 174 valence electrons. The monoisotopic (exact) mass is 437 g/mol. The maximum absolute atomic E-state index is 12.5. The lowest BCUT2D eigenvalue weighted by molar-refractivity contribution is -0.135. The van der Waals surface area contributed by atoms with Crippen LogP contribution in [0.3, 0.4) is 0 Å². The van der Waals surface area contributed by atoms with Crippen LogP contribution in [-0.2, 0) is 16.0 Å². The van der Waals surface area contributed by atoms with Crippen molar-refractivity contribution >= 4 is 11.8 Å². The highest BCUT2D eigenvalue weighted by atomic mass is 16.5. The summed E-state index contributed by atoms with van der Waals surface area (Å²) in [7, 11) is 0. The molecule has 0 spiro atoms. The van der Waals surface area contributed by atoms with Gasteiger partial charge in [0.25, 0.3) is 0 Å². The minimum Gasteiger partial charge on any atom is -0.426 e. The molecular formula is C28H39NO3. The molecule has 0 amide bonds. The lowest BCUT2D eigenvalue weighted by Crippen LogP contribution is -2.42. The number of hydrogen-bond donors (Lipinski definition) is 0. The summed E-state index contributed by atoms with van der Waals surface area (Å²) in [5.41, 5.74) is 3.07. The Hall–Kier alpha value is -1.68. The van der Waals surface area contributed by atoms with Gasteiger partial charge in [0.2, 0.25) is 0 Å². The molecule has 4 nitrogen and oxygen atoms in total. The average Bonchev–Trinajstić information content (AvgIpc) is 3.06. The Morgan fingerprint density at radius 3 is 2.78 bits per heavy atom. The Morgan fingerprint density at radius 2 is 1.97 bits per heavy atom. The van der Waals surface area contributed by atoms with Crippen LogP contribution in [0.4, 0.5) is 0 Å². The van der Waals surface area contributed by atoms with Gasteiger partial charge in [0.1, 0.15) is 11.5 Å². The van der Waals surface area contributed by atoms with Crippen LogP contribution in [0.1, 0.15) is 89.2 Å². The molecular weight excluding hydrogens is 398 g/mol. The van der Waals surface area contributed by atoms with Gasteiger partial charge in [0.05, 0.1) is 6.42 Å². The maximum Gasteiger partial charge on any atom is 0.312 e. The zero-order valence-electron chi connectivity index (χ0n) is 20.1. The standard InChI is InChI=1S/C28H39NO3/c1-27(2)13-4-15-29(18-27)16-12-26(31)32-20-6-8-21-19(17-20)5-7-23-22(21)11-14-28(3)24(23)9-10-25(28)30/h6,8,17,22-24H,4-5,7,9-16,18H2,1-3H3/t22?,23?,24?,28-/m0/s1. The number of carbonyl (C=O) groups is 2. The van der Waals surface area contributed by atoms with Crippen LogP contribution in [0.25, 0.3) is 0 Å². The predicted molar refractivity (Wildman–Crippen MR) is 126 cm³/mol. The lowest BCUT2D eigenvalue weighted by atomic mass is 9.55. The number of ketones is 1. The summed E-state index contributed by atoms with van der Waals surface area (Å²) in [4.78, 5) is 27.5. The van der Waals surface area contributed by atoms with Crippen molar-refractivity contribution in [2.75, 3.05) is 19.6 Å². The molecule has 2 saturated carbocycles. The van der Waals surface area contributed by atoms with Gasteiger partial charge in [-0.25, -0.2) is 0 Å². The van der Waals surface area contributed by atoms with Gasteiger partial charge < -0.3 is 9.64 Å². The van der Waals surface area contributed by atoms with Gasteiger partial charge in [-0.15, -0.1) is 0 Å². The van der Waals surface area contributed by atoms with Gasteiger partial charge in [-0.2, -0.15) is 0 Å². The first-order chi connectivity index (χ1) is 15.2. The van der Waals surface area contributed by atoms with E-state index in [1.165, 1.54) is 24.0 Å². The van der Waals surface area contributed by atoms with Crippen LogP contribution >= 0.6 is 0 Å². The number of hydrogen-bond acceptors (Lipinski definition) is 4. The third-order valence-corrected chi connectivity index (χ3v) is 9.25. The van der Waals surface area contributed by atoms with Crippen LogP contribution in [-0.4, -0.2) is 36.3 Å². The van der Waals surface area contributed by atoms with E-state index >= 15 is 0 Å². The van der Waals surface area contributed by atoms with Gasteiger partial charge in [0, 0.05) is 24.9 Å². The fourth-order valence-corrected chi connectivity index (χ4v) is 7.56. The van der Waals surface area contributed by atoms with E-state index in [1.807, 2.05) is 6.07 Å². The smallest absolute Gasteiger partial charge is 0.312 e. The van der Waals surface area contributed by atoms with E-state index < -0.39 is 0 Å². The van der Waals surface area contributed by atoms with Gasteiger partial charge in [-0.3, -0.25) is 9.59 Å². The molecule has 1 saturated heterocycles. The molecule has 0 radical (unpaired) electrons. The molecule has 3 unspecified atom stereocenters. The summed E-state index contributed by atoms with van der Waals surface area (Å²) in [5, 5.41) is 0. The molecule has 3 fully saturated rings. The fourth-order valence-electron chi connectivity index (χ4n) is 7.56. The second kappa shape index (κ2) is 8.27.